The summed E-state index contributed by atoms with van der Waals surface area (Å²) in [6.07, 6.45) is 0. The molecule has 1 unspecified atom stereocenters. The van der Waals surface area contributed by atoms with Crippen molar-refractivity contribution in [1.82, 2.24) is 5.32 Å². The summed E-state index contributed by atoms with van der Waals surface area (Å²) >= 11 is 2.18. The lowest BCUT2D eigenvalue weighted by molar-refractivity contribution is 0.0951. The van der Waals surface area contributed by atoms with Crippen molar-refractivity contribution in [1.29, 1.82) is 5.26 Å². The second-order valence-corrected chi connectivity index (χ2v) is 4.49. The average Bonchev–Trinajstić information content (AvgIpc) is 2.26. The molecular weight excluding hydrogens is 303 g/mol. The van der Waals surface area contributed by atoms with Gasteiger partial charge < -0.3 is 5.32 Å². The molecular formula is C11H11IN2O. The van der Waals surface area contributed by atoms with Gasteiger partial charge in [0, 0.05) is 15.7 Å². The molecule has 0 aliphatic carbocycles. The summed E-state index contributed by atoms with van der Waals surface area (Å²) in [5.74, 6) is -0.286. The molecule has 0 aromatic heterocycles. The third-order valence-electron chi connectivity index (χ3n) is 1.90. The van der Waals surface area contributed by atoms with Gasteiger partial charge in [0.15, 0.2) is 0 Å². The van der Waals surface area contributed by atoms with Gasteiger partial charge in [-0.05, 0) is 53.8 Å². The van der Waals surface area contributed by atoms with Crippen molar-refractivity contribution in [2.45, 2.75) is 6.92 Å². The number of nitrogens with zero attached hydrogens (tertiary/aromatic N) is 1. The molecule has 1 atom stereocenters. The molecule has 0 fully saturated rings. The lowest BCUT2D eigenvalue weighted by Crippen LogP contribution is -2.27. The van der Waals surface area contributed by atoms with Crippen LogP contribution in [0.4, 0.5) is 0 Å². The van der Waals surface area contributed by atoms with Gasteiger partial charge >= 0.3 is 0 Å². The Hall–Kier alpha value is -1.09. The van der Waals surface area contributed by atoms with E-state index in [2.05, 4.69) is 34.0 Å². The van der Waals surface area contributed by atoms with Gasteiger partial charge in [-0.15, -0.1) is 0 Å². The van der Waals surface area contributed by atoms with Gasteiger partial charge in [-0.2, -0.15) is 5.26 Å². The highest BCUT2D eigenvalue weighted by Gasteiger charge is 2.06. The van der Waals surface area contributed by atoms with E-state index in [9.17, 15) is 4.79 Å². The summed E-state index contributed by atoms with van der Waals surface area (Å²) in [4.78, 5) is 11.6. The Bertz CT molecular complexity index is 381. The zero-order valence-corrected chi connectivity index (χ0v) is 10.5. The predicted molar refractivity (Wildman–Crippen MR) is 66.3 cm³/mol. The molecule has 0 heterocycles. The van der Waals surface area contributed by atoms with Crippen LogP contribution in [0.25, 0.3) is 0 Å². The summed E-state index contributed by atoms with van der Waals surface area (Å²) < 4.78 is 1.09. The number of hydrogen-bond donors (Lipinski definition) is 1. The quantitative estimate of drug-likeness (QED) is 0.870. The van der Waals surface area contributed by atoms with Crippen LogP contribution >= 0.6 is 22.6 Å². The minimum Gasteiger partial charge on any atom is -0.351 e. The first-order valence-corrected chi connectivity index (χ1v) is 5.64. The second-order valence-electron chi connectivity index (χ2n) is 3.25. The molecule has 1 N–H and O–H groups in total. The molecule has 4 heteroatoms. The van der Waals surface area contributed by atoms with E-state index in [1.54, 1.807) is 19.1 Å². The smallest absolute Gasteiger partial charge is 0.251 e. The molecule has 1 rings (SSSR count). The first-order valence-electron chi connectivity index (χ1n) is 4.57. The summed E-state index contributed by atoms with van der Waals surface area (Å²) in [5.41, 5.74) is 0.626. The number of halogens is 1. The number of carbonyl (C=O) groups excluding carboxylic acids is 1. The van der Waals surface area contributed by atoms with Crippen molar-refractivity contribution >= 4 is 28.5 Å². The number of nitriles is 1. The Labute approximate surface area is 103 Å². The third kappa shape index (κ3) is 3.88. The van der Waals surface area contributed by atoms with E-state index < -0.39 is 0 Å². The van der Waals surface area contributed by atoms with E-state index in [0.29, 0.717) is 12.1 Å². The van der Waals surface area contributed by atoms with Gasteiger partial charge in [-0.1, -0.05) is 0 Å². The monoisotopic (exact) mass is 314 g/mol. The second kappa shape index (κ2) is 5.71. The summed E-state index contributed by atoms with van der Waals surface area (Å²) in [6, 6.07) is 9.37. The zero-order chi connectivity index (χ0) is 11.3. The number of rotatable bonds is 3. The van der Waals surface area contributed by atoms with E-state index in [-0.39, 0.29) is 11.8 Å². The Balaban J connectivity index is 2.55. The number of carbonyl (C=O) groups is 1. The summed E-state index contributed by atoms with van der Waals surface area (Å²) in [5, 5.41) is 11.3. The zero-order valence-electron chi connectivity index (χ0n) is 8.33. The molecule has 0 spiro atoms. The summed E-state index contributed by atoms with van der Waals surface area (Å²) in [6.45, 7) is 2.16. The van der Waals surface area contributed by atoms with Crippen LogP contribution < -0.4 is 5.32 Å². The topological polar surface area (TPSA) is 52.9 Å². The van der Waals surface area contributed by atoms with Crippen molar-refractivity contribution < 1.29 is 4.79 Å². The van der Waals surface area contributed by atoms with Crippen LogP contribution in [-0.2, 0) is 0 Å². The first-order chi connectivity index (χ1) is 7.13. The maximum Gasteiger partial charge on any atom is 0.251 e. The molecule has 3 nitrogen and oxygen atoms in total. The van der Waals surface area contributed by atoms with Gasteiger partial charge in [-0.25, -0.2) is 0 Å². The van der Waals surface area contributed by atoms with Gasteiger partial charge in [0.2, 0.25) is 0 Å². The maximum atomic E-state index is 11.6. The average molecular weight is 314 g/mol. The van der Waals surface area contributed by atoms with E-state index in [1.807, 2.05) is 12.1 Å². The van der Waals surface area contributed by atoms with Crippen molar-refractivity contribution in [2.24, 2.45) is 5.92 Å². The minimum atomic E-state index is -0.155. The first kappa shape index (κ1) is 12.0. The highest BCUT2D eigenvalue weighted by Crippen LogP contribution is 2.06. The molecule has 1 aromatic rings. The lowest BCUT2D eigenvalue weighted by atomic mass is 10.2. The number of amides is 1. The molecule has 0 aliphatic rings. The fraction of sp³-hybridized carbons (Fsp3) is 0.273. The Morgan fingerprint density at radius 1 is 1.53 bits per heavy atom. The van der Waals surface area contributed by atoms with E-state index in [0.717, 1.165) is 3.57 Å². The van der Waals surface area contributed by atoms with E-state index in [1.165, 1.54) is 0 Å². The van der Waals surface area contributed by atoms with Crippen LogP contribution in [0.5, 0.6) is 0 Å². The molecule has 0 saturated heterocycles. The van der Waals surface area contributed by atoms with Gasteiger partial charge in [-0.3, -0.25) is 4.79 Å². The van der Waals surface area contributed by atoms with Crippen LogP contribution in [-0.4, -0.2) is 12.5 Å². The predicted octanol–water partition coefficient (Wildman–Crippen LogP) is 2.18. The van der Waals surface area contributed by atoms with Crippen molar-refractivity contribution in [2.75, 3.05) is 6.54 Å². The molecule has 1 amide bonds. The van der Waals surface area contributed by atoms with Crippen LogP contribution in [0, 0.1) is 20.8 Å². The molecule has 0 saturated carbocycles. The molecule has 0 radical (unpaired) electrons. The number of nitrogens with one attached hydrogen (secondary N) is 1. The van der Waals surface area contributed by atoms with E-state index >= 15 is 0 Å². The fourth-order valence-corrected chi connectivity index (χ4v) is 1.35. The minimum absolute atomic E-state index is 0.131. The third-order valence-corrected chi connectivity index (χ3v) is 2.61. The van der Waals surface area contributed by atoms with E-state index in [4.69, 9.17) is 5.26 Å². The normalized spacial score (nSPS) is 11.5. The Morgan fingerprint density at radius 3 is 2.67 bits per heavy atom. The van der Waals surface area contributed by atoms with Crippen LogP contribution in [0.2, 0.25) is 0 Å². The van der Waals surface area contributed by atoms with Gasteiger partial charge in [0.25, 0.3) is 5.91 Å². The molecule has 0 bridgehead atoms. The standard InChI is InChI=1S/C11H11IN2O/c1-8(6-13)7-14-11(15)9-2-4-10(12)5-3-9/h2-5,8H,7H2,1H3,(H,14,15). The molecule has 0 aliphatic heterocycles. The fourth-order valence-electron chi connectivity index (χ4n) is 0.995. The van der Waals surface area contributed by atoms with Gasteiger partial charge in [0.05, 0.1) is 12.0 Å². The van der Waals surface area contributed by atoms with Crippen LogP contribution in [0.3, 0.4) is 0 Å². The molecule has 1 aromatic carbocycles. The van der Waals surface area contributed by atoms with Crippen molar-refractivity contribution in [3.05, 3.63) is 33.4 Å². The number of hydrogen-bond acceptors (Lipinski definition) is 2. The highest BCUT2D eigenvalue weighted by atomic mass is 127. The Kier molecular flexibility index (Phi) is 4.56. The SMILES string of the molecule is CC(C#N)CNC(=O)c1ccc(I)cc1. The lowest BCUT2D eigenvalue weighted by Gasteiger charge is -2.05. The highest BCUT2D eigenvalue weighted by molar-refractivity contribution is 14.1. The maximum absolute atomic E-state index is 11.6. The van der Waals surface area contributed by atoms with Gasteiger partial charge in [0.1, 0.15) is 0 Å². The van der Waals surface area contributed by atoms with Crippen molar-refractivity contribution in [3.8, 4) is 6.07 Å². The molecule has 78 valence electrons. The van der Waals surface area contributed by atoms with Crippen LogP contribution in [0.15, 0.2) is 24.3 Å². The summed E-state index contributed by atoms with van der Waals surface area (Å²) in [7, 11) is 0. The molecule has 15 heavy (non-hydrogen) atoms. The largest absolute Gasteiger partial charge is 0.351 e. The van der Waals surface area contributed by atoms with Crippen molar-refractivity contribution in [3.63, 3.8) is 0 Å². The number of benzene rings is 1. The Morgan fingerprint density at radius 2 is 2.13 bits per heavy atom. The van der Waals surface area contributed by atoms with Crippen LogP contribution in [0.1, 0.15) is 17.3 Å².